The third-order valence-corrected chi connectivity index (χ3v) is 8.94. The van der Waals surface area contributed by atoms with Crippen LogP contribution in [-0.2, 0) is 15.1 Å². The van der Waals surface area contributed by atoms with Crippen LogP contribution in [0.25, 0.3) is 55.1 Å². The average molecular weight is 599 g/mol. The molecule has 0 bridgehead atoms. The molecular formula is C36H34N6O3. The highest BCUT2D eigenvalue weighted by atomic mass is 16.5. The number of imidazole rings is 2. The van der Waals surface area contributed by atoms with E-state index in [0.29, 0.717) is 0 Å². The average Bonchev–Trinajstić information content (AvgIpc) is 3.75. The van der Waals surface area contributed by atoms with Gasteiger partial charge in [-0.05, 0) is 64.7 Å². The Morgan fingerprint density at radius 3 is 2.36 bits per heavy atom. The number of nitrogens with one attached hydrogen (secondary N) is 4. The van der Waals surface area contributed by atoms with Gasteiger partial charge >= 0.3 is 6.09 Å². The van der Waals surface area contributed by atoms with Gasteiger partial charge in [0.2, 0.25) is 5.91 Å². The molecule has 4 N–H and O–H groups in total. The van der Waals surface area contributed by atoms with Crippen molar-refractivity contribution >= 4 is 44.8 Å². The zero-order valence-corrected chi connectivity index (χ0v) is 25.0. The molecule has 1 aliphatic carbocycles. The lowest BCUT2D eigenvalue weighted by atomic mass is 9.80. The summed E-state index contributed by atoms with van der Waals surface area (Å²) in [6.07, 6.45) is 6.93. The Morgan fingerprint density at radius 1 is 0.911 bits per heavy atom. The quantitative estimate of drug-likeness (QED) is 0.146. The van der Waals surface area contributed by atoms with Crippen molar-refractivity contribution in [3.63, 3.8) is 0 Å². The van der Waals surface area contributed by atoms with Crippen LogP contribution in [0.2, 0.25) is 0 Å². The third kappa shape index (κ3) is 5.31. The Morgan fingerprint density at radius 2 is 1.62 bits per heavy atom. The van der Waals surface area contributed by atoms with E-state index < -0.39 is 17.7 Å². The van der Waals surface area contributed by atoms with Gasteiger partial charge in [0.25, 0.3) is 0 Å². The molecule has 0 saturated heterocycles. The summed E-state index contributed by atoms with van der Waals surface area (Å²) < 4.78 is 4.68. The number of methoxy groups -OCH3 is 1. The van der Waals surface area contributed by atoms with Crippen LogP contribution in [0, 0.1) is 0 Å². The molecule has 0 aliphatic heterocycles. The third-order valence-electron chi connectivity index (χ3n) is 8.94. The summed E-state index contributed by atoms with van der Waals surface area (Å²) in [5.74, 6) is 0.382. The van der Waals surface area contributed by atoms with Gasteiger partial charge in [-0.2, -0.15) is 0 Å². The molecule has 9 heteroatoms. The fraction of sp³-hybridized carbons (Fsp3) is 0.222. The van der Waals surface area contributed by atoms with E-state index in [0.717, 1.165) is 93.0 Å². The summed E-state index contributed by atoms with van der Waals surface area (Å²) in [4.78, 5) is 41.2. The number of ether oxygens (including phenoxy) is 1. The van der Waals surface area contributed by atoms with Crippen LogP contribution in [0.3, 0.4) is 0 Å². The van der Waals surface area contributed by atoms with Gasteiger partial charge in [-0.1, -0.05) is 73.9 Å². The number of aromatic amines is 2. The molecule has 2 aromatic heterocycles. The minimum atomic E-state index is -0.922. The van der Waals surface area contributed by atoms with Gasteiger partial charge in [0, 0.05) is 5.39 Å². The molecule has 2 amide bonds. The number of fused-ring (bicyclic) bond motifs is 4. The van der Waals surface area contributed by atoms with E-state index in [9.17, 15) is 9.59 Å². The van der Waals surface area contributed by atoms with E-state index in [4.69, 9.17) is 4.98 Å². The lowest BCUT2D eigenvalue weighted by Gasteiger charge is -2.37. The van der Waals surface area contributed by atoms with E-state index in [1.165, 1.54) is 13.2 Å². The molecule has 0 spiro atoms. The zero-order chi connectivity index (χ0) is 31.0. The van der Waals surface area contributed by atoms with E-state index in [1.807, 2.05) is 6.07 Å². The standard InChI is InChI=1S/C36H34N6O3/c1-3-28(40-35(44)45-2)33(43)42-36(17-5-4-6-18-36)34-39-30-16-13-26-19-24(11-14-27(26)32(30)41-34)22-7-9-23(10-8-22)25-12-15-29-31(20-25)38-21-37-29/h3,7-16,19-21,28H,1,4-6,17-18H2,2H3,(H,37,38)(H,39,41)(H,40,44)(H,42,43). The number of rotatable bonds is 7. The van der Waals surface area contributed by atoms with Crippen molar-refractivity contribution in [2.75, 3.05) is 7.11 Å². The molecule has 1 unspecified atom stereocenters. The van der Waals surface area contributed by atoms with Crippen LogP contribution in [-0.4, -0.2) is 45.1 Å². The first-order valence-corrected chi connectivity index (χ1v) is 15.2. The van der Waals surface area contributed by atoms with Crippen molar-refractivity contribution in [1.29, 1.82) is 0 Å². The summed E-state index contributed by atoms with van der Waals surface area (Å²) in [6.45, 7) is 3.72. The Kier molecular flexibility index (Phi) is 7.29. The van der Waals surface area contributed by atoms with Crippen molar-refractivity contribution in [1.82, 2.24) is 30.6 Å². The van der Waals surface area contributed by atoms with Gasteiger partial charge in [0.05, 0.1) is 41.0 Å². The smallest absolute Gasteiger partial charge is 0.407 e. The predicted molar refractivity (Wildman–Crippen MR) is 177 cm³/mol. The van der Waals surface area contributed by atoms with Crippen molar-refractivity contribution in [2.45, 2.75) is 43.7 Å². The molecule has 1 atom stereocenters. The molecule has 1 saturated carbocycles. The zero-order valence-electron chi connectivity index (χ0n) is 25.0. The Hall–Kier alpha value is -5.44. The number of nitrogens with zero attached hydrogens (tertiary/aromatic N) is 2. The van der Waals surface area contributed by atoms with Crippen LogP contribution >= 0.6 is 0 Å². The maximum atomic E-state index is 13.3. The summed E-state index contributed by atoms with van der Waals surface area (Å²) in [7, 11) is 1.26. The second kappa shape index (κ2) is 11.6. The molecule has 1 fully saturated rings. The maximum Gasteiger partial charge on any atom is 0.407 e. The molecule has 226 valence electrons. The second-order valence-electron chi connectivity index (χ2n) is 11.7. The lowest BCUT2D eigenvalue weighted by molar-refractivity contribution is -0.124. The van der Waals surface area contributed by atoms with E-state index in [-0.39, 0.29) is 5.91 Å². The van der Waals surface area contributed by atoms with E-state index in [2.05, 4.69) is 104 Å². The summed E-state index contributed by atoms with van der Waals surface area (Å²) >= 11 is 0. The molecule has 9 nitrogen and oxygen atoms in total. The molecule has 0 radical (unpaired) electrons. The summed E-state index contributed by atoms with van der Waals surface area (Å²) in [6, 6.07) is 24.5. The Balaban J connectivity index is 1.18. The molecule has 6 aromatic rings. The minimum Gasteiger partial charge on any atom is -0.453 e. The van der Waals surface area contributed by atoms with Crippen molar-refractivity contribution in [3.05, 3.63) is 97.6 Å². The van der Waals surface area contributed by atoms with Gasteiger partial charge in [-0.15, -0.1) is 6.58 Å². The highest BCUT2D eigenvalue weighted by molar-refractivity contribution is 6.05. The monoisotopic (exact) mass is 598 g/mol. The van der Waals surface area contributed by atoms with Crippen molar-refractivity contribution in [2.24, 2.45) is 0 Å². The Bertz CT molecular complexity index is 2050. The van der Waals surface area contributed by atoms with Crippen LogP contribution in [0.5, 0.6) is 0 Å². The second-order valence-corrected chi connectivity index (χ2v) is 11.7. The maximum absolute atomic E-state index is 13.3. The highest BCUT2D eigenvalue weighted by Crippen LogP contribution is 2.38. The largest absolute Gasteiger partial charge is 0.453 e. The number of benzene rings is 4. The van der Waals surface area contributed by atoms with Crippen LogP contribution < -0.4 is 10.6 Å². The van der Waals surface area contributed by atoms with E-state index >= 15 is 0 Å². The van der Waals surface area contributed by atoms with Crippen LogP contribution in [0.4, 0.5) is 4.79 Å². The number of hydrogen-bond acceptors (Lipinski definition) is 5. The van der Waals surface area contributed by atoms with Gasteiger partial charge < -0.3 is 25.3 Å². The normalized spacial score (nSPS) is 15.1. The van der Waals surface area contributed by atoms with E-state index in [1.54, 1.807) is 6.33 Å². The molecule has 7 rings (SSSR count). The number of hydrogen-bond donors (Lipinski definition) is 4. The van der Waals surface area contributed by atoms with Gasteiger partial charge in [0.15, 0.2) is 0 Å². The topological polar surface area (TPSA) is 125 Å². The van der Waals surface area contributed by atoms with Crippen molar-refractivity contribution in [3.8, 4) is 22.3 Å². The van der Waals surface area contributed by atoms with Gasteiger partial charge in [-0.3, -0.25) is 4.79 Å². The van der Waals surface area contributed by atoms with Crippen LogP contribution in [0.1, 0.15) is 37.9 Å². The predicted octanol–water partition coefficient (Wildman–Crippen LogP) is 7.11. The fourth-order valence-corrected chi connectivity index (χ4v) is 6.49. The van der Waals surface area contributed by atoms with Crippen molar-refractivity contribution < 1.29 is 14.3 Å². The number of carbonyl (C=O) groups is 2. The van der Waals surface area contributed by atoms with Gasteiger partial charge in [-0.25, -0.2) is 14.8 Å². The highest BCUT2D eigenvalue weighted by Gasteiger charge is 2.39. The number of aromatic nitrogens is 4. The molecule has 2 heterocycles. The van der Waals surface area contributed by atoms with Gasteiger partial charge in [0.1, 0.15) is 11.9 Å². The first-order valence-electron chi connectivity index (χ1n) is 15.2. The molecule has 1 aliphatic rings. The SMILES string of the molecule is C=CC(NC(=O)OC)C(=O)NC1(c2nc3c(ccc4cc(-c5ccc(-c6ccc7nc[nH]c7c6)cc5)ccc43)[nH]2)CCCCC1. The molecular weight excluding hydrogens is 564 g/mol. The van der Waals surface area contributed by atoms with Crippen LogP contribution in [0.15, 0.2) is 91.8 Å². The number of carbonyl (C=O) groups excluding carboxylic acids is 2. The Labute approximate surface area is 260 Å². The minimum absolute atomic E-state index is 0.347. The number of alkyl carbamates (subject to hydrolysis) is 1. The first-order chi connectivity index (χ1) is 22.0. The molecule has 45 heavy (non-hydrogen) atoms. The molecule has 4 aromatic carbocycles. The summed E-state index contributed by atoms with van der Waals surface area (Å²) in [5.41, 5.74) is 7.62. The number of H-pyrrole nitrogens is 2. The number of amides is 2. The summed E-state index contributed by atoms with van der Waals surface area (Å²) in [5, 5.41) is 7.87. The fourth-order valence-electron chi connectivity index (χ4n) is 6.49. The first kappa shape index (κ1) is 28.3. The lowest BCUT2D eigenvalue weighted by Crippen LogP contribution is -2.54.